The molecule has 2 N–H and O–H groups in total. The minimum Gasteiger partial charge on any atom is -0.394 e. The summed E-state index contributed by atoms with van der Waals surface area (Å²) >= 11 is 0. The summed E-state index contributed by atoms with van der Waals surface area (Å²) in [5.41, 5.74) is 6.75. The summed E-state index contributed by atoms with van der Waals surface area (Å²) in [4.78, 5) is 11.9. The van der Waals surface area contributed by atoms with Crippen LogP contribution >= 0.6 is 0 Å². The largest absolute Gasteiger partial charge is 0.394 e. The fourth-order valence-corrected chi connectivity index (χ4v) is 1.78. The molecule has 0 unspecified atom stereocenters. The lowest BCUT2D eigenvalue weighted by molar-refractivity contribution is 0.371. The topological polar surface area (TPSA) is 48.0 Å². The number of rotatable bonds is 2. The summed E-state index contributed by atoms with van der Waals surface area (Å²) in [5.74, 6) is 0. The molecule has 0 spiro atoms. The Morgan fingerprint density at radius 3 is 2.40 bits per heavy atom. The van der Waals surface area contributed by atoms with Gasteiger partial charge in [0.25, 0.3) is 5.56 Å². The molecule has 1 aromatic rings. The molecule has 1 rings (SSSR count). The maximum Gasteiger partial charge on any atom is 0.274 e. The number of pyridine rings is 1. The van der Waals surface area contributed by atoms with E-state index in [1.54, 1.807) is 10.6 Å². The minimum absolute atomic E-state index is 0.0755. The molecule has 15 heavy (non-hydrogen) atoms. The number of aryl methyl sites for hydroxylation is 1. The Morgan fingerprint density at radius 1 is 1.33 bits per heavy atom. The van der Waals surface area contributed by atoms with Crippen molar-refractivity contribution in [1.29, 1.82) is 0 Å². The van der Waals surface area contributed by atoms with E-state index in [0.29, 0.717) is 5.69 Å². The van der Waals surface area contributed by atoms with Crippen LogP contribution in [0.1, 0.15) is 39.8 Å². The second-order valence-corrected chi connectivity index (χ2v) is 4.84. The minimum atomic E-state index is -0.211. The van der Waals surface area contributed by atoms with Gasteiger partial charge in [-0.1, -0.05) is 13.3 Å². The molecule has 0 aliphatic rings. The van der Waals surface area contributed by atoms with E-state index in [-0.39, 0.29) is 11.1 Å². The first-order valence-corrected chi connectivity index (χ1v) is 5.38. The average molecular weight is 208 g/mol. The predicted molar refractivity (Wildman–Crippen MR) is 64.1 cm³/mol. The molecule has 0 radical (unpaired) electrons. The van der Waals surface area contributed by atoms with E-state index >= 15 is 0 Å². The van der Waals surface area contributed by atoms with Crippen LogP contribution in [0.5, 0.6) is 0 Å². The lowest BCUT2D eigenvalue weighted by Gasteiger charge is -2.26. The second-order valence-electron chi connectivity index (χ2n) is 4.84. The Kier molecular flexibility index (Phi) is 3.22. The molecule has 0 bridgehead atoms. The van der Waals surface area contributed by atoms with Crippen LogP contribution in [0.25, 0.3) is 0 Å². The number of hydrogen-bond donors (Lipinski definition) is 1. The van der Waals surface area contributed by atoms with Crippen molar-refractivity contribution in [3.8, 4) is 0 Å². The summed E-state index contributed by atoms with van der Waals surface area (Å²) in [6, 6.07) is 3.65. The molecule has 3 heteroatoms. The summed E-state index contributed by atoms with van der Waals surface area (Å²) < 4.78 is 1.80. The first kappa shape index (κ1) is 11.8. The lowest BCUT2D eigenvalue weighted by atomic mass is 10.1. The van der Waals surface area contributed by atoms with Crippen molar-refractivity contribution in [3.63, 3.8) is 0 Å². The van der Waals surface area contributed by atoms with Crippen molar-refractivity contribution in [2.45, 2.75) is 46.1 Å². The van der Waals surface area contributed by atoms with Gasteiger partial charge in [0.05, 0.1) is 5.69 Å². The highest BCUT2D eigenvalue weighted by Gasteiger charge is 2.18. The first-order valence-electron chi connectivity index (χ1n) is 5.38. The van der Waals surface area contributed by atoms with Crippen LogP contribution in [0, 0.1) is 0 Å². The molecule has 0 aliphatic heterocycles. The third-order valence-corrected chi connectivity index (χ3v) is 2.37. The van der Waals surface area contributed by atoms with Crippen molar-refractivity contribution in [3.05, 3.63) is 28.2 Å². The highest BCUT2D eigenvalue weighted by atomic mass is 16.1. The molecular formula is C12H20N2O. The smallest absolute Gasteiger partial charge is 0.274 e. The Hall–Kier alpha value is -1.25. The highest BCUT2D eigenvalue weighted by Crippen LogP contribution is 2.16. The molecule has 0 saturated carbocycles. The van der Waals surface area contributed by atoms with Gasteiger partial charge in [-0.3, -0.25) is 4.79 Å². The van der Waals surface area contributed by atoms with Crippen LogP contribution in [-0.2, 0) is 12.0 Å². The standard InChI is InChI=1S/C12H20N2O/c1-5-6-9-7-8-10(13)11(15)14(9)12(2,3)4/h7-8H,5-6,13H2,1-4H3. The number of nitrogen functional groups attached to an aromatic ring is 1. The SMILES string of the molecule is CCCc1ccc(N)c(=O)n1C(C)(C)C. The van der Waals surface area contributed by atoms with Crippen LogP contribution in [0.3, 0.4) is 0 Å². The van der Waals surface area contributed by atoms with Crippen molar-refractivity contribution in [1.82, 2.24) is 4.57 Å². The van der Waals surface area contributed by atoms with Gasteiger partial charge < -0.3 is 10.3 Å². The van der Waals surface area contributed by atoms with Gasteiger partial charge in [0.1, 0.15) is 0 Å². The van der Waals surface area contributed by atoms with E-state index in [0.717, 1.165) is 18.5 Å². The third-order valence-electron chi connectivity index (χ3n) is 2.37. The van der Waals surface area contributed by atoms with Gasteiger partial charge in [0.2, 0.25) is 0 Å². The van der Waals surface area contributed by atoms with E-state index in [1.165, 1.54) is 0 Å². The van der Waals surface area contributed by atoms with Crippen LogP contribution in [-0.4, -0.2) is 4.57 Å². The van der Waals surface area contributed by atoms with Gasteiger partial charge in [-0.25, -0.2) is 0 Å². The monoisotopic (exact) mass is 208 g/mol. The fraction of sp³-hybridized carbons (Fsp3) is 0.583. The Balaban J connectivity index is 3.42. The summed E-state index contributed by atoms with van der Waals surface area (Å²) in [7, 11) is 0. The molecule has 3 nitrogen and oxygen atoms in total. The maximum atomic E-state index is 11.9. The number of hydrogen-bond acceptors (Lipinski definition) is 2. The number of nitrogens with zero attached hydrogens (tertiary/aromatic N) is 1. The summed E-state index contributed by atoms with van der Waals surface area (Å²) in [6.07, 6.45) is 1.94. The molecule has 0 atom stereocenters. The van der Waals surface area contributed by atoms with Crippen LogP contribution in [0.15, 0.2) is 16.9 Å². The van der Waals surface area contributed by atoms with E-state index in [1.807, 2.05) is 26.8 Å². The lowest BCUT2D eigenvalue weighted by Crippen LogP contribution is -2.37. The van der Waals surface area contributed by atoms with Crippen LogP contribution < -0.4 is 11.3 Å². The molecule has 1 aromatic heterocycles. The van der Waals surface area contributed by atoms with E-state index in [4.69, 9.17) is 5.73 Å². The Bertz CT molecular complexity index is 399. The predicted octanol–water partition coefficient (Wildman–Crippen LogP) is 2.14. The van der Waals surface area contributed by atoms with Gasteiger partial charge in [-0.2, -0.15) is 0 Å². The zero-order valence-corrected chi connectivity index (χ0v) is 10.0. The number of nitrogens with two attached hydrogens (primary N) is 1. The molecule has 0 fully saturated rings. The third kappa shape index (κ3) is 2.41. The van der Waals surface area contributed by atoms with Crippen molar-refractivity contribution in [2.75, 3.05) is 5.73 Å². The van der Waals surface area contributed by atoms with E-state index in [9.17, 15) is 4.79 Å². The van der Waals surface area contributed by atoms with E-state index < -0.39 is 0 Å². The normalized spacial score (nSPS) is 11.7. The fourth-order valence-electron chi connectivity index (χ4n) is 1.78. The summed E-state index contributed by atoms with van der Waals surface area (Å²) in [6.45, 7) is 8.17. The first-order chi connectivity index (χ1) is 6.88. The van der Waals surface area contributed by atoms with Gasteiger partial charge in [-0.05, 0) is 39.3 Å². The van der Waals surface area contributed by atoms with Crippen molar-refractivity contribution < 1.29 is 0 Å². The molecule has 0 aliphatic carbocycles. The van der Waals surface area contributed by atoms with Gasteiger partial charge in [0, 0.05) is 11.2 Å². The van der Waals surface area contributed by atoms with Crippen LogP contribution in [0.4, 0.5) is 5.69 Å². The zero-order valence-electron chi connectivity index (χ0n) is 10.0. The van der Waals surface area contributed by atoms with Gasteiger partial charge in [0.15, 0.2) is 0 Å². The van der Waals surface area contributed by atoms with Gasteiger partial charge in [-0.15, -0.1) is 0 Å². The molecule has 0 amide bonds. The maximum absolute atomic E-state index is 11.9. The molecular weight excluding hydrogens is 188 g/mol. The quantitative estimate of drug-likeness (QED) is 0.809. The van der Waals surface area contributed by atoms with Gasteiger partial charge >= 0.3 is 0 Å². The summed E-state index contributed by atoms with van der Waals surface area (Å²) in [5, 5.41) is 0. The Labute approximate surface area is 90.9 Å². The molecule has 1 heterocycles. The zero-order chi connectivity index (χ0) is 11.6. The van der Waals surface area contributed by atoms with Crippen molar-refractivity contribution >= 4 is 5.69 Å². The van der Waals surface area contributed by atoms with Crippen molar-refractivity contribution in [2.24, 2.45) is 0 Å². The number of anilines is 1. The molecule has 0 saturated heterocycles. The van der Waals surface area contributed by atoms with E-state index in [2.05, 4.69) is 6.92 Å². The highest BCUT2D eigenvalue weighted by molar-refractivity contribution is 5.36. The number of aromatic nitrogens is 1. The Morgan fingerprint density at radius 2 is 1.93 bits per heavy atom. The average Bonchev–Trinajstić information content (AvgIpc) is 2.10. The molecule has 84 valence electrons. The van der Waals surface area contributed by atoms with Crippen LogP contribution in [0.2, 0.25) is 0 Å². The second kappa shape index (κ2) is 4.09. The molecule has 0 aromatic carbocycles.